The molecule has 1 saturated heterocycles. The zero-order valence-electron chi connectivity index (χ0n) is 22.5. The summed E-state index contributed by atoms with van der Waals surface area (Å²) < 4.78 is 5.98. The lowest BCUT2D eigenvalue weighted by molar-refractivity contribution is -0.0866. The van der Waals surface area contributed by atoms with Crippen molar-refractivity contribution in [2.75, 3.05) is 52.5 Å². The summed E-state index contributed by atoms with van der Waals surface area (Å²) >= 11 is 6.16. The van der Waals surface area contributed by atoms with E-state index in [0.717, 1.165) is 42.8 Å². The van der Waals surface area contributed by atoms with Gasteiger partial charge in [0.15, 0.2) is 0 Å². The Kier molecular flexibility index (Phi) is 11.0. The Hall–Kier alpha value is -3.42. The molecule has 0 bridgehead atoms. The first-order valence-electron chi connectivity index (χ1n) is 13.4. The van der Waals surface area contributed by atoms with Crippen LogP contribution in [0.3, 0.4) is 0 Å². The molecule has 1 heterocycles. The molecule has 3 aromatic carbocycles. The van der Waals surface area contributed by atoms with Crippen LogP contribution in [0, 0.1) is 11.8 Å². The van der Waals surface area contributed by atoms with Crippen molar-refractivity contribution in [3.05, 3.63) is 100 Å². The number of ether oxygens (including phenoxy) is 1. The van der Waals surface area contributed by atoms with Crippen LogP contribution in [-0.4, -0.2) is 78.5 Å². The predicted octanol–water partition coefficient (Wildman–Crippen LogP) is 3.57. The SMILES string of the molecule is NCN(O)CCC#Cc1ccc(OCCN2CCN([C@H](c3ccccc3)c3ccc(Cl)cc3)CC2)c(C(N)=O)c1. The third-order valence-corrected chi connectivity index (χ3v) is 7.17. The molecule has 4 rings (SSSR count). The topological polar surface area (TPSA) is 108 Å². The summed E-state index contributed by atoms with van der Waals surface area (Å²) in [7, 11) is 0. The first-order chi connectivity index (χ1) is 19.4. The van der Waals surface area contributed by atoms with Gasteiger partial charge in [-0.3, -0.25) is 14.6 Å². The zero-order chi connectivity index (χ0) is 28.3. The van der Waals surface area contributed by atoms with E-state index in [9.17, 15) is 10.0 Å². The summed E-state index contributed by atoms with van der Waals surface area (Å²) in [6.45, 7) is 5.23. The Morgan fingerprint density at radius 1 is 1.02 bits per heavy atom. The molecule has 210 valence electrons. The number of hydrogen-bond donors (Lipinski definition) is 3. The van der Waals surface area contributed by atoms with Crippen molar-refractivity contribution in [1.29, 1.82) is 0 Å². The number of carbonyl (C=O) groups excluding carboxylic acids is 1. The van der Waals surface area contributed by atoms with Crippen molar-refractivity contribution in [3.63, 3.8) is 0 Å². The van der Waals surface area contributed by atoms with Crippen molar-refractivity contribution in [2.24, 2.45) is 11.5 Å². The van der Waals surface area contributed by atoms with Gasteiger partial charge >= 0.3 is 0 Å². The molecule has 1 fully saturated rings. The smallest absolute Gasteiger partial charge is 0.252 e. The Morgan fingerprint density at radius 3 is 2.40 bits per heavy atom. The Morgan fingerprint density at radius 2 is 1.73 bits per heavy atom. The summed E-state index contributed by atoms with van der Waals surface area (Å²) in [5.41, 5.74) is 14.4. The largest absolute Gasteiger partial charge is 0.491 e. The van der Waals surface area contributed by atoms with E-state index in [1.807, 2.05) is 18.2 Å². The van der Waals surface area contributed by atoms with Gasteiger partial charge in [-0.15, -0.1) is 0 Å². The first-order valence-corrected chi connectivity index (χ1v) is 13.8. The highest BCUT2D eigenvalue weighted by Gasteiger charge is 2.26. The molecule has 9 heteroatoms. The molecule has 3 aromatic rings. The molecule has 0 saturated carbocycles. The lowest BCUT2D eigenvalue weighted by atomic mass is 9.96. The molecule has 0 unspecified atom stereocenters. The highest BCUT2D eigenvalue weighted by molar-refractivity contribution is 6.30. The number of carbonyl (C=O) groups is 1. The number of rotatable bonds is 11. The third-order valence-electron chi connectivity index (χ3n) is 6.92. The van der Waals surface area contributed by atoms with Crippen LogP contribution in [-0.2, 0) is 0 Å². The van der Waals surface area contributed by atoms with Gasteiger partial charge in [0.05, 0.1) is 18.3 Å². The maximum Gasteiger partial charge on any atom is 0.252 e. The van der Waals surface area contributed by atoms with Crippen molar-refractivity contribution in [1.82, 2.24) is 14.9 Å². The minimum absolute atomic E-state index is 0.0484. The highest BCUT2D eigenvalue weighted by Crippen LogP contribution is 2.30. The first kappa shape index (κ1) is 29.6. The van der Waals surface area contributed by atoms with Gasteiger partial charge in [0.1, 0.15) is 12.4 Å². The quantitative estimate of drug-likeness (QED) is 0.186. The third kappa shape index (κ3) is 8.29. The van der Waals surface area contributed by atoms with E-state index in [0.29, 0.717) is 36.4 Å². The van der Waals surface area contributed by atoms with Crippen LogP contribution in [0.4, 0.5) is 0 Å². The molecule has 0 radical (unpaired) electrons. The second kappa shape index (κ2) is 14.8. The summed E-state index contributed by atoms with van der Waals surface area (Å²) in [5.74, 6) is 5.83. The maximum atomic E-state index is 12.1. The minimum Gasteiger partial charge on any atom is -0.491 e. The standard InChI is InChI=1S/C31H36ClN5O3/c32-27-12-10-26(11-13-27)30(25-7-2-1-3-8-25)36-18-16-35(17-19-36)20-21-40-29-14-9-24(22-28(29)31(34)38)6-4-5-15-37(39)23-33/h1-3,7-14,22,30,39H,5,15-21,23,33H2,(H2,34,38)/t30-/m1/s1. The predicted molar refractivity (Wildman–Crippen MR) is 157 cm³/mol. The van der Waals surface area contributed by atoms with Gasteiger partial charge in [0.2, 0.25) is 0 Å². The monoisotopic (exact) mass is 561 g/mol. The van der Waals surface area contributed by atoms with Gasteiger partial charge in [-0.25, -0.2) is 0 Å². The molecule has 8 nitrogen and oxygen atoms in total. The molecular weight excluding hydrogens is 526 g/mol. The number of hydroxylamine groups is 2. The fourth-order valence-corrected chi connectivity index (χ4v) is 4.92. The van der Waals surface area contributed by atoms with Gasteiger partial charge in [0, 0.05) is 56.3 Å². The van der Waals surface area contributed by atoms with Gasteiger partial charge in [-0.2, -0.15) is 5.06 Å². The summed E-state index contributed by atoms with van der Waals surface area (Å²) in [6.07, 6.45) is 0.441. The Labute approximate surface area is 241 Å². The molecule has 0 spiro atoms. The summed E-state index contributed by atoms with van der Waals surface area (Å²) in [5, 5.41) is 11.1. The van der Waals surface area contributed by atoms with Crippen LogP contribution in [0.2, 0.25) is 5.02 Å². The molecule has 1 aliphatic rings. The maximum absolute atomic E-state index is 12.1. The number of amides is 1. The molecule has 0 aliphatic carbocycles. The average molecular weight is 562 g/mol. The molecule has 1 amide bonds. The second-order valence-corrected chi connectivity index (χ2v) is 10.1. The number of halogens is 1. The molecule has 1 atom stereocenters. The zero-order valence-corrected chi connectivity index (χ0v) is 23.3. The molecule has 0 aromatic heterocycles. The fraction of sp³-hybridized carbons (Fsp3) is 0.323. The van der Waals surface area contributed by atoms with E-state index in [1.165, 1.54) is 11.1 Å². The number of benzene rings is 3. The lowest BCUT2D eigenvalue weighted by Crippen LogP contribution is -2.48. The number of nitrogens with two attached hydrogens (primary N) is 2. The minimum atomic E-state index is -0.564. The van der Waals surface area contributed by atoms with Gasteiger partial charge < -0.3 is 21.4 Å². The number of primary amides is 1. The van der Waals surface area contributed by atoms with Gasteiger partial charge in [0.25, 0.3) is 5.91 Å². The number of nitrogens with zero attached hydrogens (tertiary/aromatic N) is 3. The van der Waals surface area contributed by atoms with E-state index in [-0.39, 0.29) is 12.7 Å². The van der Waals surface area contributed by atoms with E-state index in [1.54, 1.807) is 18.2 Å². The number of piperazine rings is 1. The van der Waals surface area contributed by atoms with E-state index in [2.05, 4.69) is 58.0 Å². The molecule has 5 N–H and O–H groups in total. The van der Waals surface area contributed by atoms with E-state index < -0.39 is 5.91 Å². The number of hydrogen-bond acceptors (Lipinski definition) is 7. The van der Waals surface area contributed by atoms with Crippen molar-refractivity contribution < 1.29 is 14.7 Å². The van der Waals surface area contributed by atoms with Crippen LogP contribution in [0.5, 0.6) is 5.75 Å². The fourth-order valence-electron chi connectivity index (χ4n) is 4.79. The normalized spacial score (nSPS) is 14.9. The van der Waals surface area contributed by atoms with Crippen LogP contribution in [0.25, 0.3) is 0 Å². The van der Waals surface area contributed by atoms with Crippen molar-refractivity contribution >= 4 is 17.5 Å². The van der Waals surface area contributed by atoms with E-state index >= 15 is 0 Å². The van der Waals surface area contributed by atoms with Crippen LogP contribution < -0.4 is 16.2 Å². The average Bonchev–Trinajstić information content (AvgIpc) is 2.98. The van der Waals surface area contributed by atoms with Crippen LogP contribution in [0.15, 0.2) is 72.8 Å². The van der Waals surface area contributed by atoms with Crippen LogP contribution in [0.1, 0.15) is 39.5 Å². The summed E-state index contributed by atoms with van der Waals surface area (Å²) in [6, 6.07) is 24.0. The molecular formula is C31H36ClN5O3. The highest BCUT2D eigenvalue weighted by atomic mass is 35.5. The van der Waals surface area contributed by atoms with Crippen molar-refractivity contribution in [3.8, 4) is 17.6 Å². The second-order valence-electron chi connectivity index (χ2n) is 9.63. The Bertz CT molecular complexity index is 1300. The summed E-state index contributed by atoms with van der Waals surface area (Å²) in [4.78, 5) is 16.9. The molecule has 1 aliphatic heterocycles. The Balaban J connectivity index is 1.32. The van der Waals surface area contributed by atoms with Gasteiger partial charge in [-0.1, -0.05) is 65.9 Å². The molecule has 40 heavy (non-hydrogen) atoms. The van der Waals surface area contributed by atoms with Crippen LogP contribution >= 0.6 is 11.6 Å². The van der Waals surface area contributed by atoms with Crippen molar-refractivity contribution in [2.45, 2.75) is 12.5 Å². The van der Waals surface area contributed by atoms with Gasteiger partial charge in [-0.05, 0) is 41.5 Å². The lowest BCUT2D eigenvalue weighted by Gasteiger charge is -2.39. The van der Waals surface area contributed by atoms with E-state index in [4.69, 9.17) is 27.8 Å².